The van der Waals surface area contributed by atoms with E-state index in [1.807, 2.05) is 26.2 Å². The summed E-state index contributed by atoms with van der Waals surface area (Å²) in [5.74, 6) is -0.0212. The van der Waals surface area contributed by atoms with Crippen molar-refractivity contribution in [2.24, 2.45) is 0 Å². The molecule has 0 saturated heterocycles. The van der Waals surface area contributed by atoms with Crippen LogP contribution in [0.15, 0.2) is 29.2 Å². The van der Waals surface area contributed by atoms with Gasteiger partial charge in [-0.05, 0) is 51.3 Å². The van der Waals surface area contributed by atoms with Gasteiger partial charge in [-0.1, -0.05) is 0 Å². The van der Waals surface area contributed by atoms with Crippen LogP contribution in [0.1, 0.15) is 16.8 Å². The predicted molar refractivity (Wildman–Crippen MR) is 69.2 cm³/mol. The van der Waals surface area contributed by atoms with E-state index in [4.69, 9.17) is 0 Å². The van der Waals surface area contributed by atoms with Crippen LogP contribution in [0.2, 0.25) is 0 Å². The SMILES string of the molecule is CN(C)CCCNC(=O)c1ccc(S)cc1. The Kier molecular flexibility index (Phi) is 5.35. The topological polar surface area (TPSA) is 32.3 Å². The molecule has 1 rings (SSSR count). The van der Waals surface area contributed by atoms with Crippen molar-refractivity contribution in [3.63, 3.8) is 0 Å². The predicted octanol–water partition coefficient (Wildman–Crippen LogP) is 1.66. The smallest absolute Gasteiger partial charge is 0.251 e. The summed E-state index contributed by atoms with van der Waals surface area (Å²) in [7, 11) is 4.04. The summed E-state index contributed by atoms with van der Waals surface area (Å²) in [6, 6.07) is 7.20. The summed E-state index contributed by atoms with van der Waals surface area (Å²) in [6.07, 6.45) is 0.962. The summed E-state index contributed by atoms with van der Waals surface area (Å²) in [6.45, 7) is 1.69. The molecule has 0 aromatic heterocycles. The van der Waals surface area contributed by atoms with Crippen molar-refractivity contribution in [2.75, 3.05) is 27.2 Å². The highest BCUT2D eigenvalue weighted by Crippen LogP contribution is 2.07. The van der Waals surface area contributed by atoms with Crippen LogP contribution in [0.25, 0.3) is 0 Å². The van der Waals surface area contributed by atoms with E-state index in [1.54, 1.807) is 12.1 Å². The van der Waals surface area contributed by atoms with Crippen LogP contribution >= 0.6 is 12.6 Å². The average Bonchev–Trinajstić information content (AvgIpc) is 2.25. The first kappa shape index (κ1) is 13.1. The van der Waals surface area contributed by atoms with E-state index in [0.717, 1.165) is 17.9 Å². The highest BCUT2D eigenvalue weighted by molar-refractivity contribution is 7.80. The maximum absolute atomic E-state index is 11.7. The van der Waals surface area contributed by atoms with Gasteiger partial charge in [-0.3, -0.25) is 4.79 Å². The number of thiol groups is 1. The number of hydrogen-bond acceptors (Lipinski definition) is 3. The van der Waals surface area contributed by atoms with Gasteiger partial charge in [0.1, 0.15) is 0 Å². The number of carbonyl (C=O) groups excluding carboxylic acids is 1. The zero-order valence-corrected chi connectivity index (χ0v) is 10.6. The standard InChI is InChI=1S/C12H18N2OS/c1-14(2)9-3-8-13-12(15)10-4-6-11(16)7-5-10/h4-7,16H,3,8-9H2,1-2H3,(H,13,15). The first-order chi connectivity index (χ1) is 7.59. The summed E-state index contributed by atoms with van der Waals surface area (Å²) >= 11 is 4.17. The van der Waals surface area contributed by atoms with Gasteiger partial charge in [-0.25, -0.2) is 0 Å². The van der Waals surface area contributed by atoms with Crippen molar-refractivity contribution in [3.05, 3.63) is 29.8 Å². The molecule has 1 aromatic carbocycles. The second-order valence-corrected chi connectivity index (χ2v) is 4.48. The van der Waals surface area contributed by atoms with E-state index in [1.165, 1.54) is 0 Å². The molecule has 0 saturated carbocycles. The van der Waals surface area contributed by atoms with Gasteiger partial charge in [0.25, 0.3) is 5.91 Å². The van der Waals surface area contributed by atoms with Crippen LogP contribution in [-0.4, -0.2) is 38.0 Å². The number of rotatable bonds is 5. The molecule has 0 bridgehead atoms. The Balaban J connectivity index is 2.32. The Morgan fingerprint density at radius 1 is 1.31 bits per heavy atom. The van der Waals surface area contributed by atoms with Gasteiger partial charge in [0, 0.05) is 17.0 Å². The average molecular weight is 238 g/mol. The van der Waals surface area contributed by atoms with Gasteiger partial charge in [-0.15, -0.1) is 12.6 Å². The highest BCUT2D eigenvalue weighted by atomic mass is 32.1. The van der Waals surface area contributed by atoms with E-state index in [2.05, 4.69) is 22.8 Å². The zero-order valence-electron chi connectivity index (χ0n) is 9.73. The second kappa shape index (κ2) is 6.55. The third-order valence-corrected chi connectivity index (χ3v) is 2.50. The van der Waals surface area contributed by atoms with Gasteiger partial charge in [0.15, 0.2) is 0 Å². The van der Waals surface area contributed by atoms with Crippen LogP contribution in [-0.2, 0) is 0 Å². The fraction of sp³-hybridized carbons (Fsp3) is 0.417. The quantitative estimate of drug-likeness (QED) is 0.604. The fourth-order valence-electron chi connectivity index (χ4n) is 1.31. The molecule has 3 nitrogen and oxygen atoms in total. The van der Waals surface area contributed by atoms with Crippen LogP contribution in [0.3, 0.4) is 0 Å². The lowest BCUT2D eigenvalue weighted by Gasteiger charge is -2.09. The number of benzene rings is 1. The van der Waals surface area contributed by atoms with Crippen molar-refractivity contribution in [2.45, 2.75) is 11.3 Å². The van der Waals surface area contributed by atoms with E-state index < -0.39 is 0 Å². The Morgan fingerprint density at radius 2 is 1.94 bits per heavy atom. The molecular formula is C12H18N2OS. The van der Waals surface area contributed by atoms with E-state index in [0.29, 0.717) is 12.1 Å². The Bertz CT molecular complexity index is 335. The van der Waals surface area contributed by atoms with Gasteiger partial charge in [0.2, 0.25) is 0 Å². The molecule has 1 aromatic rings. The molecule has 0 radical (unpaired) electrons. The first-order valence-corrected chi connectivity index (χ1v) is 5.76. The molecule has 1 amide bonds. The van der Waals surface area contributed by atoms with Gasteiger partial charge < -0.3 is 10.2 Å². The molecule has 16 heavy (non-hydrogen) atoms. The molecule has 0 aliphatic rings. The van der Waals surface area contributed by atoms with Gasteiger partial charge in [0.05, 0.1) is 0 Å². The second-order valence-electron chi connectivity index (χ2n) is 3.96. The number of nitrogens with one attached hydrogen (secondary N) is 1. The largest absolute Gasteiger partial charge is 0.352 e. The molecule has 88 valence electrons. The molecule has 1 N–H and O–H groups in total. The van der Waals surface area contributed by atoms with E-state index >= 15 is 0 Å². The number of amides is 1. The van der Waals surface area contributed by atoms with Gasteiger partial charge in [-0.2, -0.15) is 0 Å². The molecule has 0 unspecified atom stereocenters. The normalized spacial score (nSPS) is 10.5. The summed E-state index contributed by atoms with van der Waals surface area (Å²) < 4.78 is 0. The maximum Gasteiger partial charge on any atom is 0.251 e. The number of hydrogen-bond donors (Lipinski definition) is 2. The molecule has 0 fully saturated rings. The lowest BCUT2D eigenvalue weighted by Crippen LogP contribution is -2.27. The van der Waals surface area contributed by atoms with Crippen molar-refractivity contribution >= 4 is 18.5 Å². The molecular weight excluding hydrogens is 220 g/mol. The minimum Gasteiger partial charge on any atom is -0.352 e. The number of nitrogens with zero attached hydrogens (tertiary/aromatic N) is 1. The summed E-state index contributed by atoms with van der Waals surface area (Å²) in [5.41, 5.74) is 0.683. The Morgan fingerprint density at radius 3 is 2.50 bits per heavy atom. The Hall–Kier alpha value is -1.00. The fourth-order valence-corrected chi connectivity index (χ4v) is 1.46. The molecule has 0 aliphatic carbocycles. The highest BCUT2D eigenvalue weighted by Gasteiger charge is 2.03. The Labute approximate surface area is 102 Å². The van der Waals surface area contributed by atoms with Crippen LogP contribution in [0.4, 0.5) is 0 Å². The molecule has 0 aliphatic heterocycles. The zero-order chi connectivity index (χ0) is 12.0. The van der Waals surface area contributed by atoms with Crippen molar-refractivity contribution in [1.29, 1.82) is 0 Å². The molecule has 0 spiro atoms. The van der Waals surface area contributed by atoms with Crippen molar-refractivity contribution in [1.82, 2.24) is 10.2 Å². The molecule has 0 atom stereocenters. The van der Waals surface area contributed by atoms with Gasteiger partial charge >= 0.3 is 0 Å². The van der Waals surface area contributed by atoms with Crippen molar-refractivity contribution < 1.29 is 4.79 Å². The number of carbonyl (C=O) groups is 1. The van der Waals surface area contributed by atoms with E-state index in [9.17, 15) is 4.79 Å². The molecule has 0 heterocycles. The minimum atomic E-state index is -0.0212. The lowest BCUT2D eigenvalue weighted by atomic mass is 10.2. The summed E-state index contributed by atoms with van der Waals surface area (Å²) in [4.78, 5) is 14.6. The first-order valence-electron chi connectivity index (χ1n) is 5.31. The van der Waals surface area contributed by atoms with Crippen LogP contribution < -0.4 is 5.32 Å². The van der Waals surface area contributed by atoms with E-state index in [-0.39, 0.29) is 5.91 Å². The maximum atomic E-state index is 11.7. The third kappa shape index (κ3) is 4.68. The van der Waals surface area contributed by atoms with Crippen molar-refractivity contribution in [3.8, 4) is 0 Å². The monoisotopic (exact) mass is 238 g/mol. The van der Waals surface area contributed by atoms with Crippen LogP contribution in [0, 0.1) is 0 Å². The lowest BCUT2D eigenvalue weighted by molar-refractivity contribution is 0.0952. The minimum absolute atomic E-state index is 0.0212. The van der Waals surface area contributed by atoms with Crippen LogP contribution in [0.5, 0.6) is 0 Å². The molecule has 4 heteroatoms. The summed E-state index contributed by atoms with van der Waals surface area (Å²) in [5, 5.41) is 2.88. The third-order valence-electron chi connectivity index (χ3n) is 2.20.